The molecule has 2 aliphatic heterocycles. The number of nitrogens with zero attached hydrogens (tertiary/aromatic N) is 4. The normalized spacial score (nSPS) is 26.9. The minimum Gasteiger partial charge on any atom is -0.304 e. The lowest BCUT2D eigenvalue weighted by Crippen LogP contribution is -2.50. The number of hydrogen-bond acceptors (Lipinski definition) is 4. The molecule has 0 spiro atoms. The van der Waals surface area contributed by atoms with Crippen LogP contribution in [-0.2, 0) is 11.2 Å². The largest absolute Gasteiger partial charge is 0.304 e. The van der Waals surface area contributed by atoms with Gasteiger partial charge in [-0.2, -0.15) is 0 Å². The van der Waals surface area contributed by atoms with E-state index in [-0.39, 0.29) is 0 Å². The highest BCUT2D eigenvalue weighted by atomic mass is 32.2. The van der Waals surface area contributed by atoms with Gasteiger partial charge < -0.3 is 4.90 Å². The molecule has 0 aromatic carbocycles. The lowest BCUT2D eigenvalue weighted by Gasteiger charge is -2.37. The van der Waals surface area contributed by atoms with Gasteiger partial charge >= 0.3 is 0 Å². The molecule has 0 saturated carbocycles. The molecule has 2 fully saturated rings. The van der Waals surface area contributed by atoms with Crippen molar-refractivity contribution in [3.63, 3.8) is 0 Å². The Balaban J connectivity index is 1.76. The molecule has 0 bridgehead atoms. The van der Waals surface area contributed by atoms with Crippen molar-refractivity contribution < 1.29 is 4.21 Å². The van der Waals surface area contributed by atoms with E-state index in [1.807, 2.05) is 11.9 Å². The quantitative estimate of drug-likeness (QED) is 0.707. The molecule has 2 saturated heterocycles. The smallest absolute Gasteiger partial charge is 0.172 e. The molecule has 0 amide bonds. The highest BCUT2D eigenvalue weighted by molar-refractivity contribution is 7.97. The van der Waals surface area contributed by atoms with Crippen LogP contribution in [0.1, 0.15) is 12.8 Å². The van der Waals surface area contributed by atoms with E-state index >= 15 is 0 Å². The van der Waals surface area contributed by atoms with Crippen molar-refractivity contribution in [1.82, 2.24) is 17.8 Å². The predicted molar refractivity (Wildman–Crippen MR) is 83.1 cm³/mol. The first kappa shape index (κ1) is 15.7. The van der Waals surface area contributed by atoms with Gasteiger partial charge in [-0.05, 0) is 34.0 Å². The first-order chi connectivity index (χ1) is 9.06. The van der Waals surface area contributed by atoms with Gasteiger partial charge in [-0.25, -0.2) is 12.8 Å². The van der Waals surface area contributed by atoms with E-state index in [9.17, 15) is 4.21 Å². The minimum absolute atomic E-state index is 0.690. The van der Waals surface area contributed by atoms with E-state index in [0.717, 1.165) is 52.1 Å². The molecular formula is C12H26N4OS2. The van der Waals surface area contributed by atoms with Crippen LogP contribution in [-0.4, -0.2) is 87.7 Å². The second-order valence-corrected chi connectivity index (χ2v) is 8.61. The highest BCUT2D eigenvalue weighted by Gasteiger charge is 2.28. The third-order valence-corrected chi connectivity index (χ3v) is 6.47. The van der Waals surface area contributed by atoms with E-state index < -0.39 is 11.2 Å². The summed E-state index contributed by atoms with van der Waals surface area (Å²) < 4.78 is 19.0. The first-order valence-corrected chi connectivity index (χ1v) is 8.91. The number of rotatable bonds is 4. The van der Waals surface area contributed by atoms with Crippen LogP contribution in [0.3, 0.4) is 0 Å². The van der Waals surface area contributed by atoms with Crippen LogP contribution >= 0.6 is 11.9 Å². The van der Waals surface area contributed by atoms with Crippen molar-refractivity contribution in [3.05, 3.63) is 0 Å². The standard InChI is InChI=1S/C12H26N4OS2/c1-13(2)18-12-4-6-15(7-5-12)19(17)16-10-8-14(3)9-11-16/h12H,4-11H2,1-3H3. The fraction of sp³-hybridized carbons (Fsp3) is 1.00. The molecule has 5 nitrogen and oxygen atoms in total. The van der Waals surface area contributed by atoms with Crippen LogP contribution in [0.2, 0.25) is 0 Å². The van der Waals surface area contributed by atoms with Gasteiger partial charge in [0, 0.05) is 44.5 Å². The maximum absolute atomic E-state index is 12.5. The Kier molecular flexibility index (Phi) is 6.11. The molecule has 2 rings (SSSR count). The van der Waals surface area contributed by atoms with Gasteiger partial charge in [0.25, 0.3) is 0 Å². The van der Waals surface area contributed by atoms with Gasteiger partial charge in [-0.15, -0.1) is 0 Å². The molecule has 0 aliphatic carbocycles. The van der Waals surface area contributed by atoms with Gasteiger partial charge in [0.1, 0.15) is 0 Å². The third kappa shape index (κ3) is 4.68. The molecule has 0 N–H and O–H groups in total. The van der Waals surface area contributed by atoms with Crippen LogP contribution in [0.15, 0.2) is 0 Å². The van der Waals surface area contributed by atoms with Crippen LogP contribution in [0.4, 0.5) is 0 Å². The number of hydrogen-bond donors (Lipinski definition) is 0. The van der Waals surface area contributed by atoms with Gasteiger partial charge in [0.15, 0.2) is 11.2 Å². The monoisotopic (exact) mass is 306 g/mol. The van der Waals surface area contributed by atoms with Crippen LogP contribution < -0.4 is 0 Å². The van der Waals surface area contributed by atoms with Gasteiger partial charge in [0.05, 0.1) is 0 Å². The molecule has 7 heteroatoms. The Morgan fingerprint density at radius 2 is 1.53 bits per heavy atom. The molecule has 2 heterocycles. The summed E-state index contributed by atoms with van der Waals surface area (Å²) in [6.07, 6.45) is 2.28. The summed E-state index contributed by atoms with van der Waals surface area (Å²) in [4.78, 5) is 2.30. The van der Waals surface area contributed by atoms with Gasteiger partial charge in [-0.3, -0.25) is 4.31 Å². The Morgan fingerprint density at radius 1 is 1.00 bits per heavy atom. The van der Waals surface area contributed by atoms with Crippen molar-refractivity contribution in [2.75, 3.05) is 60.4 Å². The summed E-state index contributed by atoms with van der Waals surface area (Å²) in [6.45, 7) is 5.83. The number of piperazine rings is 1. The van der Waals surface area contributed by atoms with E-state index in [0.29, 0.717) is 5.25 Å². The van der Waals surface area contributed by atoms with Crippen molar-refractivity contribution in [2.24, 2.45) is 0 Å². The molecule has 1 unspecified atom stereocenters. The zero-order chi connectivity index (χ0) is 13.8. The van der Waals surface area contributed by atoms with Crippen LogP contribution in [0.5, 0.6) is 0 Å². The zero-order valence-electron chi connectivity index (χ0n) is 12.2. The molecule has 0 aromatic rings. The summed E-state index contributed by atoms with van der Waals surface area (Å²) in [5.74, 6) is 0. The van der Waals surface area contributed by atoms with E-state index in [2.05, 4.69) is 39.0 Å². The summed E-state index contributed by atoms with van der Waals surface area (Å²) in [6, 6.07) is 0. The molecule has 0 radical (unpaired) electrons. The van der Waals surface area contributed by atoms with E-state index in [4.69, 9.17) is 0 Å². The van der Waals surface area contributed by atoms with Crippen molar-refractivity contribution in [2.45, 2.75) is 18.1 Å². The fourth-order valence-electron chi connectivity index (χ4n) is 2.50. The van der Waals surface area contributed by atoms with Crippen molar-refractivity contribution in [1.29, 1.82) is 0 Å². The van der Waals surface area contributed by atoms with Crippen LogP contribution in [0.25, 0.3) is 0 Å². The topological polar surface area (TPSA) is 30.0 Å². The lowest BCUT2D eigenvalue weighted by atomic mass is 10.2. The SMILES string of the molecule is CN1CCN(S(=O)N2CCC(SN(C)C)CC2)CC1. The Bertz CT molecular complexity index is 300. The van der Waals surface area contributed by atoms with E-state index in [1.54, 1.807) is 0 Å². The summed E-state index contributed by atoms with van der Waals surface area (Å²) in [5, 5.41) is 0.690. The number of likely N-dealkylation sites (N-methyl/N-ethyl adjacent to an activating group) is 1. The minimum atomic E-state index is -0.918. The van der Waals surface area contributed by atoms with Gasteiger partial charge in [-0.1, -0.05) is 11.9 Å². The fourth-order valence-corrected chi connectivity index (χ4v) is 4.84. The van der Waals surface area contributed by atoms with Crippen LogP contribution in [0, 0.1) is 0 Å². The molecule has 1 atom stereocenters. The second kappa shape index (κ2) is 7.38. The summed E-state index contributed by atoms with van der Waals surface area (Å²) in [7, 11) is 6.32. The summed E-state index contributed by atoms with van der Waals surface area (Å²) >= 11 is 0.994. The third-order valence-electron chi connectivity index (χ3n) is 3.66. The molecular weight excluding hydrogens is 280 g/mol. The summed E-state index contributed by atoms with van der Waals surface area (Å²) in [5.41, 5.74) is 0. The average Bonchev–Trinajstić information content (AvgIpc) is 2.39. The molecule has 2 aliphatic rings. The van der Waals surface area contributed by atoms with E-state index in [1.165, 1.54) is 0 Å². The lowest BCUT2D eigenvalue weighted by molar-refractivity contribution is 0.218. The second-order valence-electron chi connectivity index (χ2n) is 5.51. The van der Waals surface area contributed by atoms with Gasteiger partial charge in [0.2, 0.25) is 0 Å². The van der Waals surface area contributed by atoms with Crippen molar-refractivity contribution in [3.8, 4) is 0 Å². The molecule has 19 heavy (non-hydrogen) atoms. The average molecular weight is 307 g/mol. The number of piperidine rings is 1. The maximum Gasteiger partial charge on any atom is 0.172 e. The Labute approximate surface area is 124 Å². The molecule has 112 valence electrons. The Morgan fingerprint density at radius 3 is 2.05 bits per heavy atom. The first-order valence-electron chi connectivity index (χ1n) is 7.01. The Hall–Kier alpha value is 0.340. The highest BCUT2D eigenvalue weighted by Crippen LogP contribution is 2.25. The predicted octanol–water partition coefficient (Wildman–Crippen LogP) is 0.487. The maximum atomic E-state index is 12.5. The van der Waals surface area contributed by atoms with Crippen molar-refractivity contribution >= 4 is 23.1 Å². The molecule has 0 aromatic heterocycles. The zero-order valence-corrected chi connectivity index (χ0v) is 13.9.